The molecule has 10 nitrogen and oxygen atoms in total. The van der Waals surface area contributed by atoms with Crippen LogP contribution in [0.4, 0.5) is 31.5 Å². The second-order valence-electron chi connectivity index (χ2n) is 9.31. The molecular weight excluding hydrogens is 594 g/mol. The number of rotatable bonds is 8. The zero-order valence-electron chi connectivity index (χ0n) is 21.7. The number of methoxy groups -OCH3 is 1. The van der Waals surface area contributed by atoms with Gasteiger partial charge in [0.15, 0.2) is 11.2 Å². The molecule has 4 heterocycles. The Morgan fingerprint density at radius 2 is 1.88 bits per heavy atom. The topological polar surface area (TPSA) is 102 Å². The van der Waals surface area contributed by atoms with Gasteiger partial charge in [-0.15, -0.1) is 11.3 Å². The van der Waals surface area contributed by atoms with Crippen LogP contribution in [0.2, 0.25) is 0 Å². The van der Waals surface area contributed by atoms with E-state index in [9.17, 15) is 35.9 Å². The van der Waals surface area contributed by atoms with Crippen molar-refractivity contribution >= 4 is 34.1 Å². The number of esters is 1. The molecule has 17 heteroatoms. The average Bonchev–Trinajstić information content (AvgIpc) is 3.72. The highest BCUT2D eigenvalue weighted by Crippen LogP contribution is 2.34. The minimum absolute atomic E-state index is 0.0467. The van der Waals surface area contributed by atoms with Gasteiger partial charge in [-0.1, -0.05) is 11.2 Å². The van der Waals surface area contributed by atoms with Crippen molar-refractivity contribution in [1.82, 2.24) is 19.7 Å². The van der Waals surface area contributed by atoms with E-state index in [1.54, 1.807) is 10.3 Å². The Kier molecular flexibility index (Phi) is 8.38. The number of amides is 1. The summed E-state index contributed by atoms with van der Waals surface area (Å²) in [6.45, 7) is -0.794. The summed E-state index contributed by atoms with van der Waals surface area (Å²) in [5.74, 6) is -2.95. The number of nitrogens with zero attached hydrogens (tertiary/aromatic N) is 6. The number of piperazine rings is 1. The fourth-order valence-electron chi connectivity index (χ4n) is 4.70. The van der Waals surface area contributed by atoms with Crippen LogP contribution in [0.15, 0.2) is 34.8 Å². The lowest BCUT2D eigenvalue weighted by Crippen LogP contribution is -2.58. The first kappa shape index (κ1) is 29.3. The van der Waals surface area contributed by atoms with Gasteiger partial charge in [0.1, 0.15) is 47.0 Å². The summed E-state index contributed by atoms with van der Waals surface area (Å²) in [4.78, 5) is 38.3. The van der Waals surface area contributed by atoms with Gasteiger partial charge in [-0.25, -0.2) is 36.1 Å². The molecule has 0 bridgehead atoms. The van der Waals surface area contributed by atoms with Crippen molar-refractivity contribution in [3.8, 4) is 0 Å². The molecule has 42 heavy (non-hydrogen) atoms. The van der Waals surface area contributed by atoms with Crippen molar-refractivity contribution in [2.75, 3.05) is 31.6 Å². The van der Waals surface area contributed by atoms with E-state index in [0.717, 1.165) is 30.6 Å². The van der Waals surface area contributed by atoms with Crippen molar-refractivity contribution < 1.29 is 45.5 Å². The predicted octanol–water partition coefficient (Wildman–Crippen LogP) is 4.25. The van der Waals surface area contributed by atoms with Crippen LogP contribution in [0.25, 0.3) is 0 Å². The number of aromatic nitrogens is 3. The maximum Gasteiger partial charge on any atom is 0.330 e. The van der Waals surface area contributed by atoms with Crippen molar-refractivity contribution in [2.24, 2.45) is 5.16 Å². The molecule has 1 amide bonds. The molecule has 0 radical (unpaired) electrons. The standard InChI is InChI=1S/C25H22F6N6O4S/c1-40-24(39)18-9-35(20(38)10-37-17(23(30)31)7-15(33-37)22(28)29)5-6-36(18)25-32-16(11-42-25)14-8-19(41-34-14)21-12(26)3-2-4-13(21)27/h2-4,7,11,18-19,22-23H,5-6,8-10H2,1H3. The smallest absolute Gasteiger partial charge is 0.330 e. The van der Waals surface area contributed by atoms with E-state index < -0.39 is 66.4 Å². The largest absolute Gasteiger partial charge is 0.467 e. The monoisotopic (exact) mass is 616 g/mol. The summed E-state index contributed by atoms with van der Waals surface area (Å²) < 4.78 is 86.6. The molecule has 2 unspecified atom stereocenters. The second-order valence-corrected chi connectivity index (χ2v) is 10.1. The number of ether oxygens (including phenoxy) is 1. The molecule has 1 fully saturated rings. The molecule has 2 atom stereocenters. The molecule has 2 aliphatic rings. The molecule has 0 aliphatic carbocycles. The first-order chi connectivity index (χ1) is 20.1. The number of hydrogen-bond acceptors (Lipinski definition) is 9. The van der Waals surface area contributed by atoms with Gasteiger partial charge in [-0.05, 0) is 18.2 Å². The van der Waals surface area contributed by atoms with E-state index in [1.807, 2.05) is 0 Å². The zero-order chi connectivity index (χ0) is 30.1. The molecule has 2 aromatic heterocycles. The zero-order valence-corrected chi connectivity index (χ0v) is 22.5. The minimum Gasteiger partial charge on any atom is -0.467 e. The third-order valence-electron chi connectivity index (χ3n) is 6.79. The van der Waals surface area contributed by atoms with E-state index in [2.05, 4.69) is 15.2 Å². The molecule has 3 aromatic rings. The van der Waals surface area contributed by atoms with E-state index in [0.29, 0.717) is 27.3 Å². The fraction of sp³-hybridized carbons (Fsp3) is 0.400. The number of thiazole rings is 1. The van der Waals surface area contributed by atoms with E-state index >= 15 is 0 Å². The number of carbonyl (C=O) groups is 2. The Balaban J connectivity index is 1.29. The molecule has 0 spiro atoms. The number of hydrogen-bond donors (Lipinski definition) is 0. The van der Waals surface area contributed by atoms with Gasteiger partial charge >= 0.3 is 5.97 Å². The SMILES string of the molecule is COC(=O)C1CN(C(=O)Cn2nc(C(F)F)cc2C(F)F)CCN1c1nc(C2=NOC(c3c(F)cccc3F)C2)cs1. The van der Waals surface area contributed by atoms with Crippen LogP contribution in [-0.2, 0) is 25.7 Å². The molecule has 1 aromatic carbocycles. The molecule has 2 aliphatic heterocycles. The molecule has 0 N–H and O–H groups in total. The summed E-state index contributed by atoms with van der Waals surface area (Å²) in [6, 6.07) is 2.99. The highest BCUT2D eigenvalue weighted by atomic mass is 32.1. The van der Waals surface area contributed by atoms with Crippen molar-refractivity contribution in [2.45, 2.75) is 38.0 Å². The quantitative estimate of drug-likeness (QED) is 0.276. The summed E-state index contributed by atoms with van der Waals surface area (Å²) in [7, 11) is 1.16. The van der Waals surface area contributed by atoms with Gasteiger partial charge in [-0.2, -0.15) is 5.10 Å². The van der Waals surface area contributed by atoms with E-state index in [4.69, 9.17) is 9.57 Å². The van der Waals surface area contributed by atoms with Gasteiger partial charge in [0.2, 0.25) is 5.91 Å². The van der Waals surface area contributed by atoms with Crippen LogP contribution < -0.4 is 4.90 Å². The molecule has 224 valence electrons. The number of benzene rings is 1. The summed E-state index contributed by atoms with van der Waals surface area (Å²) >= 11 is 1.15. The highest BCUT2D eigenvalue weighted by Gasteiger charge is 2.38. The van der Waals surface area contributed by atoms with Gasteiger partial charge in [-0.3, -0.25) is 9.48 Å². The van der Waals surface area contributed by atoms with Crippen molar-refractivity contribution in [3.05, 3.63) is 63.9 Å². The normalized spacial score (nSPS) is 18.9. The van der Waals surface area contributed by atoms with E-state index in [1.165, 1.54) is 11.0 Å². The van der Waals surface area contributed by atoms with Gasteiger partial charge in [0.25, 0.3) is 12.9 Å². The first-order valence-electron chi connectivity index (χ1n) is 12.5. The summed E-state index contributed by atoms with van der Waals surface area (Å²) in [6.07, 6.45) is -7.17. The lowest BCUT2D eigenvalue weighted by Gasteiger charge is -2.39. The Bertz CT molecular complexity index is 1490. The minimum atomic E-state index is -3.13. The third kappa shape index (κ3) is 5.77. The third-order valence-corrected chi connectivity index (χ3v) is 7.67. The number of alkyl halides is 4. The Morgan fingerprint density at radius 3 is 2.55 bits per heavy atom. The van der Waals surface area contributed by atoms with Crippen LogP contribution in [0.5, 0.6) is 0 Å². The van der Waals surface area contributed by atoms with Crippen LogP contribution in [0.3, 0.4) is 0 Å². The average molecular weight is 617 g/mol. The van der Waals surface area contributed by atoms with Crippen LogP contribution in [0, 0.1) is 11.6 Å². The second kappa shape index (κ2) is 12.0. The van der Waals surface area contributed by atoms with Crippen molar-refractivity contribution in [1.29, 1.82) is 0 Å². The maximum atomic E-state index is 14.2. The number of carbonyl (C=O) groups excluding carboxylic acids is 2. The summed E-state index contributed by atoms with van der Waals surface area (Å²) in [5, 5.41) is 9.37. The Labute approximate surface area is 238 Å². The molecule has 0 saturated carbocycles. The summed E-state index contributed by atoms with van der Waals surface area (Å²) in [5.41, 5.74) is -1.25. The Morgan fingerprint density at radius 1 is 1.14 bits per heavy atom. The van der Waals surface area contributed by atoms with Gasteiger partial charge < -0.3 is 19.4 Å². The lowest BCUT2D eigenvalue weighted by atomic mass is 10.0. The highest BCUT2D eigenvalue weighted by molar-refractivity contribution is 7.14. The first-order valence-corrected chi connectivity index (χ1v) is 13.3. The molecular formula is C25H22F6N6O4S. The molecule has 1 saturated heterocycles. The predicted molar refractivity (Wildman–Crippen MR) is 135 cm³/mol. The number of halogens is 6. The number of anilines is 1. The van der Waals surface area contributed by atoms with Gasteiger partial charge in [0.05, 0.1) is 19.2 Å². The molecule has 5 rings (SSSR count). The lowest BCUT2D eigenvalue weighted by molar-refractivity contribution is -0.144. The Hall–Kier alpha value is -4.15. The maximum absolute atomic E-state index is 14.2. The van der Waals surface area contributed by atoms with Crippen LogP contribution >= 0.6 is 11.3 Å². The fourth-order valence-corrected chi connectivity index (χ4v) is 5.61. The van der Waals surface area contributed by atoms with Crippen LogP contribution in [0.1, 0.15) is 48.0 Å². The van der Waals surface area contributed by atoms with Gasteiger partial charge in [0, 0.05) is 24.9 Å². The van der Waals surface area contributed by atoms with Crippen molar-refractivity contribution in [3.63, 3.8) is 0 Å². The number of oxime groups is 1. The van der Waals surface area contributed by atoms with Crippen LogP contribution in [-0.4, -0.2) is 70.0 Å². The van der Waals surface area contributed by atoms with E-state index in [-0.39, 0.29) is 31.6 Å².